The zero-order valence-electron chi connectivity index (χ0n) is 10.4. The molecule has 17 heavy (non-hydrogen) atoms. The predicted molar refractivity (Wildman–Crippen MR) is 65.2 cm³/mol. The average molecular weight is 237 g/mol. The van der Waals surface area contributed by atoms with Crippen LogP contribution in [0.3, 0.4) is 0 Å². The lowest BCUT2D eigenvalue weighted by atomic mass is 10.0. The van der Waals surface area contributed by atoms with Crippen molar-refractivity contribution >= 4 is 5.95 Å². The van der Waals surface area contributed by atoms with E-state index < -0.39 is 0 Å². The summed E-state index contributed by atoms with van der Waals surface area (Å²) in [7, 11) is 3.35. The standard InChI is InChI=1S/C12H19N3O2/c1-16-6-5-12(3-4-12)9-15-11-13-7-10(17-2)8-14-11/h7-8H,3-6,9H2,1-2H3,(H,13,14,15). The Hall–Kier alpha value is -1.36. The van der Waals surface area contributed by atoms with E-state index in [1.807, 2.05) is 0 Å². The van der Waals surface area contributed by atoms with Gasteiger partial charge in [0.15, 0.2) is 5.75 Å². The van der Waals surface area contributed by atoms with Crippen molar-refractivity contribution in [1.82, 2.24) is 9.97 Å². The van der Waals surface area contributed by atoms with Crippen LogP contribution in [0, 0.1) is 5.41 Å². The molecule has 0 aromatic carbocycles. The molecule has 1 aromatic heterocycles. The van der Waals surface area contributed by atoms with Gasteiger partial charge in [-0.2, -0.15) is 0 Å². The fraction of sp³-hybridized carbons (Fsp3) is 0.667. The van der Waals surface area contributed by atoms with Crippen molar-refractivity contribution in [1.29, 1.82) is 0 Å². The maximum atomic E-state index is 5.12. The smallest absolute Gasteiger partial charge is 0.222 e. The molecule has 0 atom stereocenters. The van der Waals surface area contributed by atoms with Crippen LogP contribution < -0.4 is 10.1 Å². The predicted octanol–water partition coefficient (Wildman–Crippen LogP) is 1.71. The lowest BCUT2D eigenvalue weighted by molar-refractivity contribution is 0.175. The molecule has 1 heterocycles. The lowest BCUT2D eigenvalue weighted by Crippen LogP contribution is -2.18. The maximum absolute atomic E-state index is 5.12. The van der Waals surface area contributed by atoms with E-state index in [1.165, 1.54) is 12.8 Å². The first-order chi connectivity index (χ1) is 8.28. The van der Waals surface area contributed by atoms with Crippen molar-refractivity contribution in [2.75, 3.05) is 32.7 Å². The summed E-state index contributed by atoms with van der Waals surface area (Å²) in [5.74, 6) is 1.34. The second kappa shape index (κ2) is 5.31. The molecule has 0 saturated heterocycles. The Bertz CT molecular complexity index is 349. The lowest BCUT2D eigenvalue weighted by Gasteiger charge is -2.15. The highest BCUT2D eigenvalue weighted by molar-refractivity contribution is 5.28. The van der Waals surface area contributed by atoms with Gasteiger partial charge in [0, 0.05) is 20.3 Å². The van der Waals surface area contributed by atoms with Crippen LogP contribution in [0.2, 0.25) is 0 Å². The van der Waals surface area contributed by atoms with Gasteiger partial charge in [0.2, 0.25) is 5.95 Å². The number of hydrogen-bond acceptors (Lipinski definition) is 5. The Morgan fingerprint density at radius 1 is 1.29 bits per heavy atom. The molecule has 1 N–H and O–H groups in total. The Balaban J connectivity index is 1.81. The van der Waals surface area contributed by atoms with Crippen LogP contribution in [0.1, 0.15) is 19.3 Å². The Morgan fingerprint density at radius 2 is 2.00 bits per heavy atom. The van der Waals surface area contributed by atoms with Crippen LogP contribution in [0.15, 0.2) is 12.4 Å². The number of nitrogens with one attached hydrogen (secondary N) is 1. The summed E-state index contributed by atoms with van der Waals surface area (Å²) in [6.45, 7) is 1.74. The van der Waals surface area contributed by atoms with E-state index in [2.05, 4.69) is 15.3 Å². The zero-order valence-corrected chi connectivity index (χ0v) is 10.4. The van der Waals surface area contributed by atoms with Crippen molar-refractivity contribution in [2.24, 2.45) is 5.41 Å². The Labute approximate surface area is 102 Å². The summed E-state index contributed by atoms with van der Waals surface area (Å²) < 4.78 is 10.1. The van der Waals surface area contributed by atoms with Crippen molar-refractivity contribution in [2.45, 2.75) is 19.3 Å². The highest BCUT2D eigenvalue weighted by Crippen LogP contribution is 2.48. The molecule has 1 fully saturated rings. The highest BCUT2D eigenvalue weighted by Gasteiger charge is 2.41. The van der Waals surface area contributed by atoms with Gasteiger partial charge in [-0.3, -0.25) is 0 Å². The fourth-order valence-corrected chi connectivity index (χ4v) is 1.79. The number of nitrogens with zero attached hydrogens (tertiary/aromatic N) is 2. The van der Waals surface area contributed by atoms with Crippen LogP contribution >= 0.6 is 0 Å². The molecule has 1 aliphatic rings. The normalized spacial score (nSPS) is 16.6. The van der Waals surface area contributed by atoms with Crippen molar-refractivity contribution in [3.8, 4) is 5.75 Å². The Morgan fingerprint density at radius 3 is 2.53 bits per heavy atom. The SMILES string of the molecule is COCCC1(CNc2ncc(OC)cn2)CC1. The third-order valence-corrected chi connectivity index (χ3v) is 3.28. The molecule has 0 spiro atoms. The van der Waals surface area contributed by atoms with E-state index in [1.54, 1.807) is 26.6 Å². The molecule has 1 aromatic rings. The van der Waals surface area contributed by atoms with Gasteiger partial charge < -0.3 is 14.8 Å². The third kappa shape index (κ3) is 3.30. The van der Waals surface area contributed by atoms with Crippen molar-refractivity contribution in [3.63, 3.8) is 0 Å². The van der Waals surface area contributed by atoms with Gasteiger partial charge in [0.1, 0.15) is 0 Å². The number of aromatic nitrogens is 2. The van der Waals surface area contributed by atoms with E-state index in [0.29, 0.717) is 17.1 Å². The fourth-order valence-electron chi connectivity index (χ4n) is 1.79. The topological polar surface area (TPSA) is 56.3 Å². The second-order valence-electron chi connectivity index (χ2n) is 4.54. The number of hydrogen-bond donors (Lipinski definition) is 1. The first kappa shape index (κ1) is 12.1. The molecular formula is C12H19N3O2. The Kier molecular flexibility index (Phi) is 3.78. The molecule has 5 nitrogen and oxygen atoms in total. The summed E-state index contributed by atoms with van der Waals surface area (Å²) in [6, 6.07) is 0. The van der Waals surface area contributed by atoms with Gasteiger partial charge in [-0.1, -0.05) is 0 Å². The average Bonchev–Trinajstić information content (AvgIpc) is 3.15. The minimum atomic E-state index is 0.402. The van der Waals surface area contributed by atoms with E-state index in [9.17, 15) is 0 Å². The van der Waals surface area contributed by atoms with Crippen LogP contribution in [-0.4, -0.2) is 37.3 Å². The number of anilines is 1. The molecule has 0 amide bonds. The van der Waals surface area contributed by atoms with Gasteiger partial charge in [-0.15, -0.1) is 0 Å². The van der Waals surface area contributed by atoms with E-state index >= 15 is 0 Å². The van der Waals surface area contributed by atoms with E-state index in [4.69, 9.17) is 9.47 Å². The summed E-state index contributed by atoms with van der Waals surface area (Å²) in [5.41, 5.74) is 0.402. The van der Waals surface area contributed by atoms with Gasteiger partial charge in [-0.25, -0.2) is 9.97 Å². The van der Waals surface area contributed by atoms with Gasteiger partial charge in [0.25, 0.3) is 0 Å². The van der Waals surface area contributed by atoms with E-state index in [0.717, 1.165) is 19.6 Å². The molecule has 0 radical (unpaired) electrons. The maximum Gasteiger partial charge on any atom is 0.222 e. The van der Waals surface area contributed by atoms with Gasteiger partial charge >= 0.3 is 0 Å². The molecule has 94 valence electrons. The number of methoxy groups -OCH3 is 2. The summed E-state index contributed by atoms with van der Waals surface area (Å²) in [6.07, 6.45) is 6.97. The van der Waals surface area contributed by atoms with Crippen LogP contribution in [-0.2, 0) is 4.74 Å². The minimum absolute atomic E-state index is 0.402. The summed E-state index contributed by atoms with van der Waals surface area (Å²) in [5, 5.41) is 3.27. The van der Waals surface area contributed by atoms with Crippen molar-refractivity contribution < 1.29 is 9.47 Å². The van der Waals surface area contributed by atoms with Crippen LogP contribution in [0.25, 0.3) is 0 Å². The molecule has 1 saturated carbocycles. The molecule has 1 aliphatic carbocycles. The van der Waals surface area contributed by atoms with Crippen LogP contribution in [0.5, 0.6) is 5.75 Å². The zero-order chi connectivity index (χ0) is 12.1. The van der Waals surface area contributed by atoms with Crippen LogP contribution in [0.4, 0.5) is 5.95 Å². The van der Waals surface area contributed by atoms with Gasteiger partial charge in [0.05, 0.1) is 19.5 Å². The second-order valence-corrected chi connectivity index (χ2v) is 4.54. The molecule has 0 unspecified atom stereocenters. The molecule has 0 aliphatic heterocycles. The molecule has 0 bridgehead atoms. The van der Waals surface area contributed by atoms with Crippen molar-refractivity contribution in [3.05, 3.63) is 12.4 Å². The highest BCUT2D eigenvalue weighted by atomic mass is 16.5. The molecule has 2 rings (SSSR count). The first-order valence-corrected chi connectivity index (χ1v) is 5.87. The van der Waals surface area contributed by atoms with Gasteiger partial charge in [-0.05, 0) is 24.7 Å². The summed E-state index contributed by atoms with van der Waals surface area (Å²) >= 11 is 0. The molecular weight excluding hydrogens is 218 g/mol. The monoisotopic (exact) mass is 237 g/mol. The largest absolute Gasteiger partial charge is 0.494 e. The third-order valence-electron chi connectivity index (χ3n) is 3.28. The number of ether oxygens (including phenoxy) is 2. The first-order valence-electron chi connectivity index (χ1n) is 5.87. The number of rotatable bonds is 7. The van der Waals surface area contributed by atoms with E-state index in [-0.39, 0.29) is 0 Å². The molecule has 5 heteroatoms. The minimum Gasteiger partial charge on any atom is -0.494 e. The summed E-state index contributed by atoms with van der Waals surface area (Å²) in [4.78, 5) is 8.36. The quantitative estimate of drug-likeness (QED) is 0.782.